The number of carbonyl (C=O) groups excluding carboxylic acids is 2. The van der Waals surface area contributed by atoms with Gasteiger partial charge in [-0.15, -0.1) is 0 Å². The molecule has 8 nitrogen and oxygen atoms in total. The molecule has 3 unspecified atom stereocenters. The Hall–Kier alpha value is -3.39. The van der Waals surface area contributed by atoms with E-state index in [1.54, 1.807) is 12.1 Å². The van der Waals surface area contributed by atoms with Crippen LogP contribution in [-0.2, 0) is 27.2 Å². The second kappa shape index (κ2) is 11.9. The smallest absolute Gasteiger partial charge is 0.326 e. The Labute approximate surface area is 187 Å². The number of carboxylic acids is 1. The minimum Gasteiger partial charge on any atom is -0.508 e. The van der Waals surface area contributed by atoms with Crippen LogP contribution in [0.4, 0.5) is 0 Å². The van der Waals surface area contributed by atoms with Crippen LogP contribution in [0, 0.1) is 5.92 Å². The van der Waals surface area contributed by atoms with Crippen LogP contribution in [0.15, 0.2) is 54.6 Å². The molecule has 0 heterocycles. The van der Waals surface area contributed by atoms with E-state index in [0.29, 0.717) is 0 Å². The zero-order valence-electron chi connectivity index (χ0n) is 18.3. The third kappa shape index (κ3) is 8.03. The van der Waals surface area contributed by atoms with Gasteiger partial charge in [0.2, 0.25) is 11.8 Å². The molecule has 2 aromatic carbocycles. The summed E-state index contributed by atoms with van der Waals surface area (Å²) < 4.78 is 0. The number of amides is 2. The monoisotopic (exact) mass is 441 g/mol. The van der Waals surface area contributed by atoms with E-state index in [0.717, 1.165) is 11.1 Å². The lowest BCUT2D eigenvalue weighted by Gasteiger charge is -2.24. The second-order valence-electron chi connectivity index (χ2n) is 8.26. The van der Waals surface area contributed by atoms with Crippen molar-refractivity contribution in [3.05, 3.63) is 65.7 Å². The van der Waals surface area contributed by atoms with Gasteiger partial charge in [0.1, 0.15) is 17.8 Å². The van der Waals surface area contributed by atoms with Gasteiger partial charge in [-0.1, -0.05) is 56.3 Å². The van der Waals surface area contributed by atoms with Crippen molar-refractivity contribution in [2.24, 2.45) is 11.7 Å². The van der Waals surface area contributed by atoms with E-state index >= 15 is 0 Å². The second-order valence-corrected chi connectivity index (χ2v) is 8.26. The lowest BCUT2D eigenvalue weighted by molar-refractivity contribution is -0.142. The van der Waals surface area contributed by atoms with Crippen molar-refractivity contribution in [3.63, 3.8) is 0 Å². The van der Waals surface area contributed by atoms with Gasteiger partial charge in [0.05, 0.1) is 6.04 Å². The van der Waals surface area contributed by atoms with E-state index < -0.39 is 35.9 Å². The Balaban J connectivity index is 2.12. The average molecular weight is 442 g/mol. The average Bonchev–Trinajstić information content (AvgIpc) is 2.74. The highest BCUT2D eigenvalue weighted by Crippen LogP contribution is 2.12. The molecule has 2 amide bonds. The normalized spacial score (nSPS) is 13.8. The largest absolute Gasteiger partial charge is 0.508 e. The first kappa shape index (κ1) is 24.9. The minimum absolute atomic E-state index is 0.0669. The van der Waals surface area contributed by atoms with E-state index in [9.17, 15) is 24.6 Å². The number of aliphatic carboxylic acids is 1. The van der Waals surface area contributed by atoms with Crippen molar-refractivity contribution in [1.29, 1.82) is 0 Å². The lowest BCUT2D eigenvalue weighted by Crippen LogP contribution is -2.55. The first-order valence-corrected chi connectivity index (χ1v) is 10.6. The summed E-state index contributed by atoms with van der Waals surface area (Å²) >= 11 is 0. The summed E-state index contributed by atoms with van der Waals surface area (Å²) in [6.07, 6.45) is 0.683. The molecular formula is C24H31N3O5. The molecule has 0 aliphatic rings. The number of carbonyl (C=O) groups is 3. The molecule has 0 saturated carbocycles. The maximum absolute atomic E-state index is 12.9. The number of hydrogen-bond donors (Lipinski definition) is 5. The van der Waals surface area contributed by atoms with Gasteiger partial charge >= 0.3 is 5.97 Å². The zero-order valence-corrected chi connectivity index (χ0v) is 18.3. The van der Waals surface area contributed by atoms with Crippen molar-refractivity contribution in [3.8, 4) is 5.75 Å². The van der Waals surface area contributed by atoms with Crippen LogP contribution in [-0.4, -0.2) is 46.1 Å². The first-order valence-electron chi connectivity index (χ1n) is 10.6. The minimum atomic E-state index is -1.12. The van der Waals surface area contributed by atoms with Crippen LogP contribution in [0.5, 0.6) is 5.75 Å². The SMILES string of the molecule is CC(C)CC(NC(=O)C(Cc1ccccc1)NC(=O)C(N)Cc1ccc(O)cc1)C(=O)O. The van der Waals surface area contributed by atoms with E-state index in [1.807, 2.05) is 44.2 Å². The number of nitrogens with one attached hydrogen (secondary N) is 2. The number of benzene rings is 2. The van der Waals surface area contributed by atoms with Crippen LogP contribution < -0.4 is 16.4 Å². The number of aromatic hydroxyl groups is 1. The number of phenolic OH excluding ortho intramolecular Hbond substituents is 1. The van der Waals surface area contributed by atoms with Gasteiger partial charge in [0.25, 0.3) is 0 Å². The van der Waals surface area contributed by atoms with Crippen molar-refractivity contribution >= 4 is 17.8 Å². The lowest BCUT2D eigenvalue weighted by atomic mass is 10.0. The Bertz CT molecular complexity index is 900. The van der Waals surface area contributed by atoms with Gasteiger partial charge in [-0.25, -0.2) is 4.79 Å². The highest BCUT2D eigenvalue weighted by molar-refractivity contribution is 5.92. The third-order valence-corrected chi connectivity index (χ3v) is 4.97. The van der Waals surface area contributed by atoms with Crippen molar-refractivity contribution in [1.82, 2.24) is 10.6 Å². The predicted octanol–water partition coefficient (Wildman–Crippen LogP) is 1.61. The van der Waals surface area contributed by atoms with Crippen LogP contribution in [0.25, 0.3) is 0 Å². The molecule has 8 heteroatoms. The topological polar surface area (TPSA) is 142 Å². The predicted molar refractivity (Wildman–Crippen MR) is 121 cm³/mol. The van der Waals surface area contributed by atoms with Crippen LogP contribution in [0.2, 0.25) is 0 Å². The Morgan fingerprint density at radius 1 is 0.844 bits per heavy atom. The molecule has 0 bridgehead atoms. The van der Waals surface area contributed by atoms with E-state index in [-0.39, 0.29) is 30.9 Å². The number of hydrogen-bond acceptors (Lipinski definition) is 5. The Kier molecular flexibility index (Phi) is 9.22. The summed E-state index contributed by atoms with van der Waals surface area (Å²) in [5.74, 6) is -2.05. The molecule has 0 aliphatic carbocycles. The van der Waals surface area contributed by atoms with Crippen molar-refractivity contribution in [2.45, 2.75) is 51.2 Å². The van der Waals surface area contributed by atoms with Gasteiger partial charge in [0.15, 0.2) is 0 Å². The fourth-order valence-electron chi connectivity index (χ4n) is 3.28. The molecule has 0 saturated heterocycles. The van der Waals surface area contributed by atoms with Gasteiger partial charge in [-0.05, 0) is 42.0 Å². The highest BCUT2D eigenvalue weighted by atomic mass is 16.4. The first-order chi connectivity index (χ1) is 15.2. The molecule has 32 heavy (non-hydrogen) atoms. The molecular weight excluding hydrogens is 410 g/mol. The summed E-state index contributed by atoms with van der Waals surface area (Å²) in [6.45, 7) is 3.74. The van der Waals surface area contributed by atoms with Crippen molar-refractivity contribution < 1.29 is 24.6 Å². The molecule has 2 aromatic rings. The fraction of sp³-hybridized carbons (Fsp3) is 0.375. The molecule has 6 N–H and O–H groups in total. The van der Waals surface area contributed by atoms with Gasteiger partial charge in [-0.3, -0.25) is 9.59 Å². The van der Waals surface area contributed by atoms with Gasteiger partial charge < -0.3 is 26.6 Å². The van der Waals surface area contributed by atoms with Gasteiger partial charge in [-0.2, -0.15) is 0 Å². The molecule has 0 radical (unpaired) electrons. The molecule has 0 spiro atoms. The zero-order chi connectivity index (χ0) is 23.7. The van der Waals surface area contributed by atoms with Crippen LogP contribution in [0.3, 0.4) is 0 Å². The number of phenols is 1. The maximum Gasteiger partial charge on any atom is 0.326 e. The molecule has 0 fully saturated rings. The van der Waals surface area contributed by atoms with E-state index in [2.05, 4.69) is 10.6 Å². The number of rotatable bonds is 11. The summed E-state index contributed by atoms with van der Waals surface area (Å²) in [5, 5.41) is 24.1. The maximum atomic E-state index is 12.9. The summed E-state index contributed by atoms with van der Waals surface area (Å²) in [4.78, 5) is 37.2. The third-order valence-electron chi connectivity index (χ3n) is 4.97. The molecule has 3 atom stereocenters. The molecule has 172 valence electrons. The summed E-state index contributed by atoms with van der Waals surface area (Å²) in [5.41, 5.74) is 7.62. The number of nitrogens with two attached hydrogens (primary N) is 1. The molecule has 0 aliphatic heterocycles. The van der Waals surface area contributed by atoms with Crippen LogP contribution >= 0.6 is 0 Å². The summed E-state index contributed by atoms with van der Waals surface area (Å²) in [6, 6.07) is 12.5. The summed E-state index contributed by atoms with van der Waals surface area (Å²) in [7, 11) is 0. The fourth-order valence-corrected chi connectivity index (χ4v) is 3.28. The Morgan fingerprint density at radius 2 is 1.41 bits per heavy atom. The van der Waals surface area contributed by atoms with Crippen LogP contribution in [0.1, 0.15) is 31.4 Å². The number of carboxylic acid groups (broad SMARTS) is 1. The van der Waals surface area contributed by atoms with E-state index in [1.165, 1.54) is 12.1 Å². The highest BCUT2D eigenvalue weighted by Gasteiger charge is 2.28. The molecule has 2 rings (SSSR count). The Morgan fingerprint density at radius 3 is 1.97 bits per heavy atom. The quantitative estimate of drug-likeness (QED) is 0.359. The molecule has 0 aromatic heterocycles. The van der Waals surface area contributed by atoms with Crippen molar-refractivity contribution in [2.75, 3.05) is 0 Å². The standard InChI is InChI=1S/C24H31N3O5/c1-15(2)12-21(24(31)32)27-23(30)20(14-16-6-4-3-5-7-16)26-22(29)19(25)13-17-8-10-18(28)11-9-17/h3-11,15,19-21,28H,12-14,25H2,1-2H3,(H,26,29)(H,27,30)(H,31,32). The van der Waals surface area contributed by atoms with Gasteiger partial charge in [0, 0.05) is 6.42 Å². The van der Waals surface area contributed by atoms with E-state index in [4.69, 9.17) is 5.73 Å².